The second kappa shape index (κ2) is 4.74. The number of carbonyl (C=O) groups excluding carboxylic acids is 1. The lowest BCUT2D eigenvalue weighted by Crippen LogP contribution is -2.31. The Morgan fingerprint density at radius 3 is 3.00 bits per heavy atom. The maximum Gasteiger partial charge on any atom is 0.253 e. The quantitative estimate of drug-likeness (QED) is 0.878. The minimum Gasteiger partial charge on any atom is -0.384 e. The van der Waals surface area contributed by atoms with Crippen molar-refractivity contribution in [3.05, 3.63) is 22.8 Å². The summed E-state index contributed by atoms with van der Waals surface area (Å²) in [7, 11) is 0. The third-order valence-electron chi connectivity index (χ3n) is 2.93. The molecule has 0 aromatic carbocycles. The third kappa shape index (κ3) is 2.84. The average molecular weight is 272 g/mol. The minimum atomic E-state index is -0.190. The fourth-order valence-electron chi connectivity index (χ4n) is 1.56. The molecule has 4 nitrogen and oxygen atoms in total. The Labute approximate surface area is 109 Å². The summed E-state index contributed by atoms with van der Waals surface area (Å²) in [6.45, 7) is 0.672. The first-order valence-electron chi connectivity index (χ1n) is 5.31. The van der Waals surface area contributed by atoms with E-state index in [4.69, 9.17) is 17.3 Å². The number of carbonyl (C=O) groups is 1. The summed E-state index contributed by atoms with van der Waals surface area (Å²) in [4.78, 5) is 15.7. The monoisotopic (exact) mass is 271 g/mol. The number of aromatic nitrogens is 1. The number of amides is 1. The summed E-state index contributed by atoms with van der Waals surface area (Å²) in [6.07, 6.45) is 5.77. The number of anilines is 1. The molecule has 1 fully saturated rings. The molecular weight excluding hydrogens is 258 g/mol. The van der Waals surface area contributed by atoms with Gasteiger partial charge >= 0.3 is 0 Å². The average Bonchev–Trinajstić information content (AvgIpc) is 3.10. The molecule has 0 atom stereocenters. The summed E-state index contributed by atoms with van der Waals surface area (Å²) in [6, 6.07) is 1.50. The number of nitrogens with zero attached hydrogens (tertiary/aromatic N) is 1. The number of nitrogens with two attached hydrogens (primary N) is 1. The van der Waals surface area contributed by atoms with Crippen LogP contribution in [0.5, 0.6) is 0 Å². The van der Waals surface area contributed by atoms with E-state index in [1.807, 2.05) is 0 Å². The van der Waals surface area contributed by atoms with Gasteiger partial charge in [0.25, 0.3) is 5.91 Å². The first-order chi connectivity index (χ1) is 8.06. The lowest BCUT2D eigenvalue weighted by molar-refractivity contribution is 0.0953. The summed E-state index contributed by atoms with van der Waals surface area (Å²) in [5.41, 5.74) is 5.92. The van der Waals surface area contributed by atoms with Crippen LogP contribution in [0.4, 0.5) is 5.82 Å². The smallest absolute Gasteiger partial charge is 0.253 e. The van der Waals surface area contributed by atoms with Crippen molar-refractivity contribution < 1.29 is 4.79 Å². The minimum absolute atomic E-state index is 0.190. The number of rotatable bonds is 4. The lowest BCUT2D eigenvalue weighted by Gasteiger charge is -2.13. The molecule has 1 aromatic rings. The van der Waals surface area contributed by atoms with Crippen LogP contribution in [-0.4, -0.2) is 28.4 Å². The number of hydrogen-bond donors (Lipinski definition) is 2. The van der Waals surface area contributed by atoms with E-state index < -0.39 is 0 Å². The highest BCUT2D eigenvalue weighted by Gasteiger charge is 2.42. The van der Waals surface area contributed by atoms with Gasteiger partial charge in [-0.1, -0.05) is 11.6 Å². The molecule has 0 spiro atoms. The van der Waals surface area contributed by atoms with Gasteiger partial charge in [0.2, 0.25) is 0 Å². The second-order valence-electron chi connectivity index (χ2n) is 4.16. The SMILES string of the molecule is CSC1(CNC(=O)c2cc(N)ncc2Cl)CC1. The van der Waals surface area contributed by atoms with Crippen molar-refractivity contribution in [2.75, 3.05) is 18.5 Å². The highest BCUT2D eigenvalue weighted by Crippen LogP contribution is 2.46. The molecule has 0 saturated heterocycles. The van der Waals surface area contributed by atoms with E-state index in [0.717, 1.165) is 12.8 Å². The van der Waals surface area contributed by atoms with E-state index in [9.17, 15) is 4.79 Å². The maximum atomic E-state index is 11.9. The zero-order valence-electron chi connectivity index (χ0n) is 9.50. The molecule has 17 heavy (non-hydrogen) atoms. The Balaban J connectivity index is 2.02. The van der Waals surface area contributed by atoms with Crippen molar-refractivity contribution in [1.82, 2.24) is 10.3 Å². The van der Waals surface area contributed by atoms with Crippen molar-refractivity contribution >= 4 is 35.1 Å². The predicted molar refractivity (Wildman–Crippen MR) is 71.5 cm³/mol. The summed E-state index contributed by atoms with van der Waals surface area (Å²) in [5, 5.41) is 3.22. The van der Waals surface area contributed by atoms with Crippen LogP contribution in [0.2, 0.25) is 5.02 Å². The molecule has 0 radical (unpaired) electrons. The van der Waals surface area contributed by atoms with E-state index in [0.29, 0.717) is 22.9 Å². The zero-order chi connectivity index (χ0) is 12.5. The van der Waals surface area contributed by atoms with Gasteiger partial charge in [-0.15, -0.1) is 0 Å². The highest BCUT2D eigenvalue weighted by molar-refractivity contribution is 8.00. The van der Waals surface area contributed by atoms with Gasteiger partial charge in [0, 0.05) is 17.5 Å². The molecular formula is C11H14ClN3OS. The summed E-state index contributed by atoms with van der Waals surface area (Å²) < 4.78 is 0.237. The van der Waals surface area contributed by atoms with E-state index in [1.54, 1.807) is 11.8 Å². The van der Waals surface area contributed by atoms with Gasteiger partial charge in [-0.2, -0.15) is 11.8 Å². The number of hydrogen-bond acceptors (Lipinski definition) is 4. The molecule has 3 N–H and O–H groups in total. The zero-order valence-corrected chi connectivity index (χ0v) is 11.1. The van der Waals surface area contributed by atoms with E-state index in [2.05, 4.69) is 16.6 Å². The Morgan fingerprint density at radius 1 is 1.71 bits per heavy atom. The van der Waals surface area contributed by atoms with Crippen LogP contribution in [0.3, 0.4) is 0 Å². The third-order valence-corrected chi connectivity index (χ3v) is 4.65. The van der Waals surface area contributed by atoms with Gasteiger partial charge in [0.1, 0.15) is 5.82 Å². The van der Waals surface area contributed by atoms with Crippen LogP contribution in [0.1, 0.15) is 23.2 Å². The molecule has 0 unspecified atom stereocenters. The Hall–Kier alpha value is -0.940. The van der Waals surface area contributed by atoms with Gasteiger partial charge in [-0.05, 0) is 25.2 Å². The molecule has 1 aliphatic rings. The van der Waals surface area contributed by atoms with Crippen LogP contribution < -0.4 is 11.1 Å². The fourth-order valence-corrected chi connectivity index (χ4v) is 2.47. The topological polar surface area (TPSA) is 68.0 Å². The molecule has 1 heterocycles. The molecule has 6 heteroatoms. The summed E-state index contributed by atoms with van der Waals surface area (Å²) >= 11 is 7.70. The molecule has 1 aliphatic carbocycles. The first-order valence-corrected chi connectivity index (χ1v) is 6.91. The van der Waals surface area contributed by atoms with Crippen LogP contribution in [0, 0.1) is 0 Å². The maximum absolute atomic E-state index is 11.9. The number of halogens is 1. The molecule has 1 aromatic heterocycles. The number of pyridine rings is 1. The van der Waals surface area contributed by atoms with Crippen molar-refractivity contribution in [3.8, 4) is 0 Å². The molecule has 2 rings (SSSR count). The van der Waals surface area contributed by atoms with Crippen molar-refractivity contribution in [3.63, 3.8) is 0 Å². The van der Waals surface area contributed by atoms with Crippen molar-refractivity contribution in [2.45, 2.75) is 17.6 Å². The number of thioether (sulfide) groups is 1. The Morgan fingerprint density at radius 2 is 2.41 bits per heavy atom. The van der Waals surface area contributed by atoms with E-state index in [-0.39, 0.29) is 10.7 Å². The van der Waals surface area contributed by atoms with E-state index >= 15 is 0 Å². The van der Waals surface area contributed by atoms with Crippen molar-refractivity contribution in [1.29, 1.82) is 0 Å². The fraction of sp³-hybridized carbons (Fsp3) is 0.455. The molecule has 92 valence electrons. The van der Waals surface area contributed by atoms with E-state index in [1.165, 1.54) is 12.3 Å². The van der Waals surface area contributed by atoms with Crippen LogP contribution in [-0.2, 0) is 0 Å². The van der Waals surface area contributed by atoms with Crippen LogP contribution in [0.15, 0.2) is 12.3 Å². The summed E-state index contributed by atoms with van der Waals surface area (Å²) in [5.74, 6) is 0.106. The number of nitrogen functional groups attached to an aromatic ring is 1. The van der Waals surface area contributed by atoms with Crippen LogP contribution >= 0.6 is 23.4 Å². The Kier molecular flexibility index (Phi) is 3.49. The first kappa shape index (κ1) is 12.5. The molecule has 1 saturated carbocycles. The van der Waals surface area contributed by atoms with Gasteiger partial charge in [0.15, 0.2) is 0 Å². The predicted octanol–water partition coefficient (Wildman–Crippen LogP) is 1.94. The van der Waals surface area contributed by atoms with Gasteiger partial charge in [-0.3, -0.25) is 4.79 Å². The Bertz CT molecular complexity index is 448. The van der Waals surface area contributed by atoms with Crippen LogP contribution in [0.25, 0.3) is 0 Å². The standard InChI is InChI=1S/C11H14ClN3OS/c1-17-11(2-3-11)6-15-10(16)7-4-9(13)14-5-8(7)12/h4-5H,2-3,6H2,1H3,(H2,13,14)(H,15,16). The van der Waals surface area contributed by atoms with Crippen molar-refractivity contribution in [2.24, 2.45) is 0 Å². The van der Waals surface area contributed by atoms with Gasteiger partial charge < -0.3 is 11.1 Å². The number of nitrogens with one attached hydrogen (secondary N) is 1. The second-order valence-corrected chi connectivity index (χ2v) is 5.84. The largest absolute Gasteiger partial charge is 0.384 e. The highest BCUT2D eigenvalue weighted by atomic mass is 35.5. The normalized spacial score (nSPS) is 16.6. The molecule has 0 aliphatic heterocycles. The molecule has 1 amide bonds. The van der Waals surface area contributed by atoms with Gasteiger partial charge in [0.05, 0.1) is 10.6 Å². The van der Waals surface area contributed by atoms with Gasteiger partial charge in [-0.25, -0.2) is 4.98 Å². The molecule has 0 bridgehead atoms. The lowest BCUT2D eigenvalue weighted by atomic mass is 10.2.